The molecule has 138 valence electrons. The fourth-order valence-corrected chi connectivity index (χ4v) is 2.81. The van der Waals surface area contributed by atoms with Crippen LogP contribution in [0, 0.1) is 11.3 Å². The molecule has 0 saturated heterocycles. The van der Waals surface area contributed by atoms with Crippen LogP contribution in [0.2, 0.25) is 0 Å². The third-order valence-electron chi connectivity index (χ3n) is 4.08. The zero-order valence-electron chi connectivity index (χ0n) is 16.3. The second-order valence-electron chi connectivity index (χ2n) is 6.70. The van der Waals surface area contributed by atoms with Crippen molar-refractivity contribution >= 4 is 5.96 Å². The Bertz CT molecular complexity index is 780. The molecule has 0 spiro atoms. The van der Waals surface area contributed by atoms with Gasteiger partial charge in [0.1, 0.15) is 0 Å². The zero-order valence-corrected chi connectivity index (χ0v) is 16.3. The number of nitriles is 1. The van der Waals surface area contributed by atoms with Crippen molar-refractivity contribution in [2.45, 2.75) is 39.8 Å². The van der Waals surface area contributed by atoms with Gasteiger partial charge in [0.05, 0.1) is 23.9 Å². The maximum Gasteiger partial charge on any atom is 0.194 e. The average molecular weight is 352 g/mol. The Hall–Kier alpha value is -2.81. The van der Waals surface area contributed by atoms with Crippen LogP contribution in [0.5, 0.6) is 0 Å². The largest absolute Gasteiger partial charge is 0.357 e. The Balaban J connectivity index is 2.13. The van der Waals surface area contributed by atoms with E-state index in [1.54, 1.807) is 0 Å². The number of hydrogen-bond donors (Lipinski definition) is 1. The lowest BCUT2D eigenvalue weighted by molar-refractivity contribution is 0.473. The molecule has 0 aliphatic rings. The lowest BCUT2D eigenvalue weighted by Crippen LogP contribution is -2.38. The number of benzene rings is 1. The van der Waals surface area contributed by atoms with Gasteiger partial charge in [0, 0.05) is 38.9 Å². The van der Waals surface area contributed by atoms with E-state index in [1.165, 1.54) is 5.56 Å². The number of aromatic nitrogens is 2. The summed E-state index contributed by atoms with van der Waals surface area (Å²) in [6.07, 6.45) is 2.08. The number of aryl methyl sites for hydroxylation is 1. The molecule has 0 aliphatic carbocycles. The van der Waals surface area contributed by atoms with Gasteiger partial charge in [-0.05, 0) is 30.5 Å². The molecule has 6 heteroatoms. The van der Waals surface area contributed by atoms with E-state index in [1.807, 2.05) is 43.0 Å². The average Bonchev–Trinajstić information content (AvgIpc) is 2.99. The van der Waals surface area contributed by atoms with Crippen molar-refractivity contribution in [3.63, 3.8) is 0 Å². The van der Waals surface area contributed by atoms with Crippen LogP contribution in [0.4, 0.5) is 0 Å². The van der Waals surface area contributed by atoms with Gasteiger partial charge in [0.15, 0.2) is 5.96 Å². The van der Waals surface area contributed by atoms with Gasteiger partial charge in [-0.1, -0.05) is 26.0 Å². The Labute approximate surface area is 156 Å². The Morgan fingerprint density at radius 1 is 1.35 bits per heavy atom. The van der Waals surface area contributed by atoms with Gasteiger partial charge in [0.2, 0.25) is 0 Å². The molecule has 0 saturated carbocycles. The maximum atomic E-state index is 8.89. The predicted octanol–water partition coefficient (Wildman–Crippen LogP) is 3.01. The Morgan fingerprint density at radius 2 is 2.04 bits per heavy atom. The van der Waals surface area contributed by atoms with Gasteiger partial charge >= 0.3 is 0 Å². The van der Waals surface area contributed by atoms with Gasteiger partial charge in [-0.2, -0.15) is 10.4 Å². The highest BCUT2D eigenvalue weighted by Gasteiger charge is 2.15. The second-order valence-corrected chi connectivity index (χ2v) is 6.70. The highest BCUT2D eigenvalue weighted by atomic mass is 15.3. The van der Waals surface area contributed by atoms with E-state index >= 15 is 0 Å². The molecular weight excluding hydrogens is 324 g/mol. The number of nitrogens with zero attached hydrogens (tertiary/aromatic N) is 5. The van der Waals surface area contributed by atoms with E-state index in [9.17, 15) is 0 Å². The highest BCUT2D eigenvalue weighted by Crippen LogP contribution is 2.18. The summed E-state index contributed by atoms with van der Waals surface area (Å²) >= 11 is 0. The highest BCUT2D eigenvalue weighted by molar-refractivity contribution is 5.79. The molecule has 0 fully saturated rings. The van der Waals surface area contributed by atoms with Crippen LogP contribution in [0.15, 0.2) is 35.5 Å². The van der Waals surface area contributed by atoms with Crippen molar-refractivity contribution in [1.29, 1.82) is 5.26 Å². The first-order valence-electron chi connectivity index (χ1n) is 8.95. The van der Waals surface area contributed by atoms with Gasteiger partial charge in [-0.15, -0.1) is 0 Å². The minimum atomic E-state index is 0.387. The molecule has 0 radical (unpaired) electrons. The van der Waals surface area contributed by atoms with Crippen LogP contribution in [-0.4, -0.2) is 34.2 Å². The normalized spacial score (nSPS) is 11.5. The molecule has 1 heterocycles. The lowest BCUT2D eigenvalue weighted by Gasteiger charge is -2.22. The number of nitrogens with one attached hydrogen (secondary N) is 1. The molecule has 0 aliphatic heterocycles. The van der Waals surface area contributed by atoms with Crippen LogP contribution in [0.3, 0.4) is 0 Å². The predicted molar refractivity (Wildman–Crippen MR) is 105 cm³/mol. The summed E-state index contributed by atoms with van der Waals surface area (Å²) < 4.78 is 1.87. The minimum Gasteiger partial charge on any atom is -0.357 e. The first-order chi connectivity index (χ1) is 12.4. The van der Waals surface area contributed by atoms with Crippen molar-refractivity contribution in [1.82, 2.24) is 20.0 Å². The monoisotopic (exact) mass is 352 g/mol. The topological polar surface area (TPSA) is 69.2 Å². The molecule has 6 nitrogen and oxygen atoms in total. The van der Waals surface area contributed by atoms with Crippen molar-refractivity contribution in [3.05, 3.63) is 52.8 Å². The molecule has 0 unspecified atom stereocenters. The minimum absolute atomic E-state index is 0.387. The van der Waals surface area contributed by atoms with Gasteiger partial charge in [0.25, 0.3) is 0 Å². The lowest BCUT2D eigenvalue weighted by atomic mass is 10.1. The first kappa shape index (κ1) is 19.5. The molecular formula is C20H28N6. The molecule has 1 N–H and O–H groups in total. The smallest absolute Gasteiger partial charge is 0.194 e. The first-order valence-corrected chi connectivity index (χ1v) is 8.95. The van der Waals surface area contributed by atoms with E-state index in [-0.39, 0.29) is 0 Å². The molecule has 26 heavy (non-hydrogen) atoms. The van der Waals surface area contributed by atoms with Crippen molar-refractivity contribution in [3.8, 4) is 6.07 Å². The summed E-state index contributed by atoms with van der Waals surface area (Å²) in [5, 5.41) is 16.8. The summed E-state index contributed by atoms with van der Waals surface area (Å²) in [6.45, 7) is 8.52. The van der Waals surface area contributed by atoms with E-state index in [4.69, 9.17) is 10.3 Å². The molecule has 0 bridgehead atoms. The standard InChI is InChI=1S/C20H28N6/c1-6-22-20(23-12-17-9-7-16(11-21)8-10-17)25(4)13-18-14-26(5)24-19(18)15(2)3/h7-10,14-15H,6,12-13H2,1-5H3,(H,22,23). The van der Waals surface area contributed by atoms with Gasteiger partial charge < -0.3 is 10.2 Å². The van der Waals surface area contributed by atoms with Crippen molar-refractivity contribution in [2.24, 2.45) is 12.0 Å². The van der Waals surface area contributed by atoms with E-state index in [0.29, 0.717) is 18.0 Å². The van der Waals surface area contributed by atoms with Crippen LogP contribution >= 0.6 is 0 Å². The zero-order chi connectivity index (χ0) is 19.1. The third-order valence-corrected chi connectivity index (χ3v) is 4.08. The number of hydrogen-bond acceptors (Lipinski definition) is 3. The quantitative estimate of drug-likeness (QED) is 0.641. The van der Waals surface area contributed by atoms with Crippen molar-refractivity contribution in [2.75, 3.05) is 13.6 Å². The second kappa shape index (κ2) is 9.04. The third kappa shape index (κ3) is 5.09. The summed E-state index contributed by atoms with van der Waals surface area (Å²) in [5.41, 5.74) is 4.09. The molecule has 1 aromatic carbocycles. The summed E-state index contributed by atoms with van der Waals surface area (Å²) in [7, 11) is 4.00. The number of guanidine groups is 1. The van der Waals surface area contributed by atoms with Crippen LogP contribution < -0.4 is 5.32 Å². The van der Waals surface area contributed by atoms with E-state index in [2.05, 4.69) is 48.4 Å². The molecule has 1 aromatic heterocycles. The fourth-order valence-electron chi connectivity index (χ4n) is 2.81. The number of rotatable bonds is 6. The number of aliphatic imine (C=N–C) groups is 1. The summed E-state index contributed by atoms with van der Waals surface area (Å²) in [4.78, 5) is 6.86. The molecule has 0 atom stereocenters. The molecule has 0 amide bonds. The summed E-state index contributed by atoms with van der Waals surface area (Å²) in [5.74, 6) is 1.24. The van der Waals surface area contributed by atoms with Gasteiger partial charge in [-0.3, -0.25) is 4.68 Å². The maximum absolute atomic E-state index is 8.89. The SMILES string of the molecule is CCNC(=NCc1ccc(C#N)cc1)N(C)Cc1cn(C)nc1C(C)C. The Morgan fingerprint density at radius 3 is 2.62 bits per heavy atom. The molecule has 2 aromatic rings. The fraction of sp³-hybridized carbons (Fsp3) is 0.450. The summed E-state index contributed by atoms with van der Waals surface area (Å²) in [6, 6.07) is 9.68. The van der Waals surface area contributed by atoms with E-state index < -0.39 is 0 Å². The van der Waals surface area contributed by atoms with Gasteiger partial charge in [-0.25, -0.2) is 4.99 Å². The van der Waals surface area contributed by atoms with Crippen molar-refractivity contribution < 1.29 is 0 Å². The molecule has 2 rings (SSSR count). The van der Waals surface area contributed by atoms with Crippen LogP contribution in [-0.2, 0) is 20.1 Å². The Kier molecular flexibility index (Phi) is 6.79. The van der Waals surface area contributed by atoms with E-state index in [0.717, 1.165) is 30.3 Å². The van der Waals surface area contributed by atoms with Crippen LogP contribution in [0.1, 0.15) is 49.1 Å². The van der Waals surface area contributed by atoms with Crippen LogP contribution in [0.25, 0.3) is 0 Å².